The number of nitrogens with one attached hydrogen (secondary N) is 1. The molecule has 0 spiro atoms. The van der Waals surface area contributed by atoms with Gasteiger partial charge >= 0.3 is 0 Å². The summed E-state index contributed by atoms with van der Waals surface area (Å²) in [5, 5.41) is 3.30. The van der Waals surface area contributed by atoms with Crippen molar-refractivity contribution in [3.8, 4) is 11.5 Å². The van der Waals surface area contributed by atoms with Crippen LogP contribution in [0.2, 0.25) is 0 Å². The van der Waals surface area contributed by atoms with E-state index in [0.717, 1.165) is 37.6 Å². The first-order chi connectivity index (χ1) is 7.90. The number of hydrogen-bond donors (Lipinski definition) is 2. The zero-order valence-corrected chi connectivity index (χ0v) is 9.32. The Balaban J connectivity index is 1.79. The molecule has 0 aromatic heterocycles. The number of hydrogen-bond acceptors (Lipinski definition) is 4. The molecule has 1 atom stereocenters. The van der Waals surface area contributed by atoms with Crippen molar-refractivity contribution in [1.82, 2.24) is 5.32 Å². The van der Waals surface area contributed by atoms with Crippen LogP contribution in [0.3, 0.4) is 0 Å². The van der Waals surface area contributed by atoms with Crippen LogP contribution < -0.4 is 20.5 Å². The van der Waals surface area contributed by atoms with Crippen LogP contribution in [-0.4, -0.2) is 32.3 Å². The number of rotatable bonds is 5. The third-order valence-electron chi connectivity index (χ3n) is 2.50. The fraction of sp³-hybridized carbons (Fsp3) is 0.500. The molecule has 1 aliphatic rings. The summed E-state index contributed by atoms with van der Waals surface area (Å²) in [5.74, 6) is 1.67. The number of fused-ring (bicyclic) bond motifs is 1. The Hall–Kier alpha value is -1.26. The molecule has 1 heterocycles. The average molecular weight is 222 g/mol. The van der Waals surface area contributed by atoms with Crippen molar-refractivity contribution in [2.24, 2.45) is 5.73 Å². The molecule has 4 heteroatoms. The van der Waals surface area contributed by atoms with Gasteiger partial charge in [0.2, 0.25) is 0 Å². The second-order valence-corrected chi connectivity index (χ2v) is 3.84. The van der Waals surface area contributed by atoms with Gasteiger partial charge < -0.3 is 20.5 Å². The first kappa shape index (κ1) is 11.2. The molecule has 3 N–H and O–H groups in total. The largest absolute Gasteiger partial charge is 0.486 e. The molecule has 2 rings (SSSR count). The third kappa shape index (κ3) is 2.87. The van der Waals surface area contributed by atoms with Gasteiger partial charge in [0.15, 0.2) is 11.5 Å². The van der Waals surface area contributed by atoms with E-state index in [2.05, 4.69) is 5.32 Å². The average Bonchev–Trinajstić information content (AvgIpc) is 2.34. The molecular weight excluding hydrogens is 204 g/mol. The van der Waals surface area contributed by atoms with E-state index in [0.29, 0.717) is 6.61 Å². The molecule has 0 amide bonds. The van der Waals surface area contributed by atoms with E-state index in [-0.39, 0.29) is 6.10 Å². The Morgan fingerprint density at radius 2 is 2.12 bits per heavy atom. The maximum atomic E-state index is 5.79. The van der Waals surface area contributed by atoms with Gasteiger partial charge in [-0.25, -0.2) is 0 Å². The van der Waals surface area contributed by atoms with Crippen LogP contribution in [0.4, 0.5) is 0 Å². The molecule has 0 fully saturated rings. The van der Waals surface area contributed by atoms with Crippen molar-refractivity contribution in [3.63, 3.8) is 0 Å². The zero-order chi connectivity index (χ0) is 11.2. The predicted octanol–water partition coefficient (Wildman–Crippen LogP) is 0.765. The molecule has 16 heavy (non-hydrogen) atoms. The SMILES string of the molecule is NCCCNC[C@H]1COc2ccccc2O1. The fourth-order valence-corrected chi connectivity index (χ4v) is 1.65. The van der Waals surface area contributed by atoms with Crippen molar-refractivity contribution in [1.29, 1.82) is 0 Å². The van der Waals surface area contributed by atoms with Gasteiger partial charge in [-0.2, -0.15) is 0 Å². The Bertz CT molecular complexity index is 331. The van der Waals surface area contributed by atoms with Crippen LogP contribution in [0.5, 0.6) is 11.5 Å². The Morgan fingerprint density at radius 3 is 2.94 bits per heavy atom. The van der Waals surface area contributed by atoms with Gasteiger partial charge in [-0.1, -0.05) is 12.1 Å². The number of para-hydroxylation sites is 2. The highest BCUT2D eigenvalue weighted by molar-refractivity contribution is 5.40. The fourth-order valence-electron chi connectivity index (χ4n) is 1.65. The molecule has 0 aliphatic carbocycles. The standard InChI is InChI=1S/C12H18N2O2/c13-6-3-7-14-8-10-9-15-11-4-1-2-5-12(11)16-10/h1-2,4-5,10,14H,3,6-9,13H2/t10-/m0/s1. The summed E-state index contributed by atoms with van der Waals surface area (Å²) in [4.78, 5) is 0. The lowest BCUT2D eigenvalue weighted by molar-refractivity contribution is 0.0905. The normalized spacial score (nSPS) is 18.4. The lowest BCUT2D eigenvalue weighted by atomic mass is 10.2. The predicted molar refractivity (Wildman–Crippen MR) is 62.9 cm³/mol. The molecule has 1 aromatic carbocycles. The van der Waals surface area contributed by atoms with E-state index in [1.165, 1.54) is 0 Å². The van der Waals surface area contributed by atoms with E-state index in [9.17, 15) is 0 Å². The maximum Gasteiger partial charge on any atom is 0.161 e. The van der Waals surface area contributed by atoms with Crippen LogP contribution in [0.25, 0.3) is 0 Å². The highest BCUT2D eigenvalue weighted by Crippen LogP contribution is 2.30. The molecule has 1 aliphatic heterocycles. The molecule has 88 valence electrons. The van der Waals surface area contributed by atoms with Gasteiger partial charge in [0.1, 0.15) is 12.7 Å². The van der Waals surface area contributed by atoms with Crippen molar-refractivity contribution in [2.75, 3.05) is 26.2 Å². The summed E-state index contributed by atoms with van der Waals surface area (Å²) in [6.45, 7) is 3.05. The summed E-state index contributed by atoms with van der Waals surface area (Å²) in [5.41, 5.74) is 5.42. The van der Waals surface area contributed by atoms with Crippen LogP contribution in [0.1, 0.15) is 6.42 Å². The first-order valence-corrected chi connectivity index (χ1v) is 5.69. The van der Waals surface area contributed by atoms with E-state index in [1.807, 2.05) is 24.3 Å². The van der Waals surface area contributed by atoms with Crippen molar-refractivity contribution in [2.45, 2.75) is 12.5 Å². The number of ether oxygens (including phenoxy) is 2. The molecule has 0 saturated heterocycles. The van der Waals surface area contributed by atoms with Crippen molar-refractivity contribution >= 4 is 0 Å². The molecule has 4 nitrogen and oxygen atoms in total. The van der Waals surface area contributed by atoms with Crippen LogP contribution in [-0.2, 0) is 0 Å². The van der Waals surface area contributed by atoms with Gasteiger partial charge in [0, 0.05) is 6.54 Å². The number of benzene rings is 1. The van der Waals surface area contributed by atoms with Crippen LogP contribution in [0, 0.1) is 0 Å². The summed E-state index contributed by atoms with van der Waals surface area (Å²) in [7, 11) is 0. The molecule has 0 radical (unpaired) electrons. The second-order valence-electron chi connectivity index (χ2n) is 3.84. The molecule has 0 saturated carbocycles. The molecule has 0 bridgehead atoms. The summed E-state index contributed by atoms with van der Waals surface area (Å²) in [6.07, 6.45) is 1.08. The van der Waals surface area contributed by atoms with Gasteiger partial charge in [-0.05, 0) is 31.6 Å². The zero-order valence-electron chi connectivity index (χ0n) is 9.32. The minimum Gasteiger partial charge on any atom is -0.486 e. The van der Waals surface area contributed by atoms with Gasteiger partial charge in [0.25, 0.3) is 0 Å². The Morgan fingerprint density at radius 1 is 1.31 bits per heavy atom. The summed E-state index contributed by atoms with van der Waals surface area (Å²) in [6, 6.07) is 7.75. The molecule has 0 unspecified atom stereocenters. The van der Waals surface area contributed by atoms with E-state index < -0.39 is 0 Å². The quantitative estimate of drug-likeness (QED) is 0.722. The smallest absolute Gasteiger partial charge is 0.161 e. The lowest BCUT2D eigenvalue weighted by Crippen LogP contribution is -2.39. The highest BCUT2D eigenvalue weighted by Gasteiger charge is 2.19. The van der Waals surface area contributed by atoms with Crippen molar-refractivity contribution < 1.29 is 9.47 Å². The maximum absolute atomic E-state index is 5.79. The van der Waals surface area contributed by atoms with Gasteiger partial charge in [0.05, 0.1) is 0 Å². The minimum absolute atomic E-state index is 0.0904. The monoisotopic (exact) mass is 222 g/mol. The van der Waals surface area contributed by atoms with E-state index in [4.69, 9.17) is 15.2 Å². The second kappa shape index (κ2) is 5.72. The summed E-state index contributed by atoms with van der Waals surface area (Å²) >= 11 is 0. The van der Waals surface area contributed by atoms with E-state index in [1.54, 1.807) is 0 Å². The first-order valence-electron chi connectivity index (χ1n) is 5.69. The Kier molecular flexibility index (Phi) is 4.02. The third-order valence-corrected chi connectivity index (χ3v) is 2.50. The van der Waals surface area contributed by atoms with Crippen molar-refractivity contribution in [3.05, 3.63) is 24.3 Å². The van der Waals surface area contributed by atoms with Gasteiger partial charge in [-0.15, -0.1) is 0 Å². The topological polar surface area (TPSA) is 56.5 Å². The number of nitrogens with two attached hydrogens (primary N) is 1. The minimum atomic E-state index is 0.0904. The van der Waals surface area contributed by atoms with E-state index >= 15 is 0 Å². The summed E-state index contributed by atoms with van der Waals surface area (Å²) < 4.78 is 11.4. The molecule has 1 aromatic rings. The Labute approximate surface area is 95.7 Å². The van der Waals surface area contributed by atoms with Crippen LogP contribution >= 0.6 is 0 Å². The highest BCUT2D eigenvalue weighted by atomic mass is 16.6. The lowest BCUT2D eigenvalue weighted by Gasteiger charge is -2.26. The molecular formula is C12H18N2O2. The van der Waals surface area contributed by atoms with Gasteiger partial charge in [-0.3, -0.25) is 0 Å². The van der Waals surface area contributed by atoms with Crippen LogP contribution in [0.15, 0.2) is 24.3 Å².